The molecule has 4 heteroatoms. The first kappa shape index (κ1) is 15.5. The minimum atomic E-state index is -0.463. The standard InChI is InChI=1S/C16H22BrNO2/c1-16(2,3)20-15(19)14(13-9-6-10-18-13)11-7-4-5-8-12(11)17/h4-5,7-8,13-14,18H,6,9-10H2,1-3H3/t13-,14+/m1/s1. The summed E-state index contributed by atoms with van der Waals surface area (Å²) in [5, 5.41) is 3.43. The summed E-state index contributed by atoms with van der Waals surface area (Å²) in [7, 11) is 0. The van der Waals surface area contributed by atoms with Gasteiger partial charge in [0.25, 0.3) is 0 Å². The molecule has 0 radical (unpaired) electrons. The summed E-state index contributed by atoms with van der Waals surface area (Å²) in [6, 6.07) is 8.05. The number of halogens is 1. The molecule has 0 aliphatic carbocycles. The van der Waals surface area contributed by atoms with Gasteiger partial charge in [-0.1, -0.05) is 34.1 Å². The Hall–Kier alpha value is -0.870. The van der Waals surface area contributed by atoms with Crippen LogP contribution >= 0.6 is 15.9 Å². The van der Waals surface area contributed by atoms with Crippen LogP contribution in [0.1, 0.15) is 45.1 Å². The molecule has 0 aromatic heterocycles. The number of nitrogens with one attached hydrogen (secondary N) is 1. The van der Waals surface area contributed by atoms with Gasteiger partial charge < -0.3 is 10.1 Å². The number of esters is 1. The SMILES string of the molecule is CC(C)(C)OC(=O)[C@@H](c1ccccc1Br)[C@H]1CCCN1. The van der Waals surface area contributed by atoms with Crippen molar-refractivity contribution in [2.75, 3.05) is 6.54 Å². The summed E-state index contributed by atoms with van der Waals surface area (Å²) in [4.78, 5) is 12.6. The van der Waals surface area contributed by atoms with E-state index >= 15 is 0 Å². The van der Waals surface area contributed by atoms with Crippen molar-refractivity contribution in [1.29, 1.82) is 0 Å². The Bertz CT molecular complexity index is 476. The lowest BCUT2D eigenvalue weighted by Crippen LogP contribution is -2.38. The Morgan fingerprint density at radius 3 is 2.65 bits per heavy atom. The topological polar surface area (TPSA) is 38.3 Å². The highest BCUT2D eigenvalue weighted by atomic mass is 79.9. The van der Waals surface area contributed by atoms with Gasteiger partial charge >= 0.3 is 5.97 Å². The second kappa shape index (κ2) is 6.27. The van der Waals surface area contributed by atoms with Gasteiger partial charge in [0.2, 0.25) is 0 Å². The lowest BCUT2D eigenvalue weighted by Gasteiger charge is -2.28. The van der Waals surface area contributed by atoms with Crippen LogP contribution in [-0.2, 0) is 9.53 Å². The lowest BCUT2D eigenvalue weighted by molar-refractivity contribution is -0.157. The molecule has 1 aliphatic heterocycles. The number of carbonyl (C=O) groups excluding carboxylic acids is 1. The molecule has 0 saturated carbocycles. The largest absolute Gasteiger partial charge is 0.459 e. The van der Waals surface area contributed by atoms with Crippen molar-refractivity contribution < 1.29 is 9.53 Å². The minimum absolute atomic E-state index is 0.149. The first-order chi connectivity index (χ1) is 9.38. The normalized spacial score (nSPS) is 20.7. The highest BCUT2D eigenvalue weighted by Crippen LogP contribution is 2.32. The van der Waals surface area contributed by atoms with Crippen LogP contribution in [0.2, 0.25) is 0 Å². The molecular weight excluding hydrogens is 318 g/mol. The van der Waals surface area contributed by atoms with Crippen molar-refractivity contribution >= 4 is 21.9 Å². The average Bonchev–Trinajstić information content (AvgIpc) is 2.83. The second-order valence-electron chi connectivity index (χ2n) is 6.24. The van der Waals surface area contributed by atoms with Gasteiger partial charge in [-0.3, -0.25) is 4.79 Å². The highest BCUT2D eigenvalue weighted by molar-refractivity contribution is 9.10. The van der Waals surface area contributed by atoms with E-state index in [1.54, 1.807) is 0 Å². The summed E-state index contributed by atoms with van der Waals surface area (Å²) < 4.78 is 6.58. The summed E-state index contributed by atoms with van der Waals surface area (Å²) >= 11 is 3.56. The van der Waals surface area contributed by atoms with Gasteiger partial charge in [0, 0.05) is 10.5 Å². The van der Waals surface area contributed by atoms with E-state index in [4.69, 9.17) is 4.74 Å². The predicted octanol–water partition coefficient (Wildman–Crippen LogP) is 3.63. The summed E-state index contributed by atoms with van der Waals surface area (Å²) in [5.74, 6) is -0.406. The zero-order chi connectivity index (χ0) is 14.8. The van der Waals surface area contributed by atoms with Crippen LogP contribution in [0.3, 0.4) is 0 Å². The Labute approximate surface area is 129 Å². The van der Waals surface area contributed by atoms with Crippen LogP contribution in [0.15, 0.2) is 28.7 Å². The molecule has 1 aromatic rings. The van der Waals surface area contributed by atoms with Crippen LogP contribution in [-0.4, -0.2) is 24.2 Å². The molecule has 2 atom stereocenters. The zero-order valence-electron chi connectivity index (χ0n) is 12.3. The molecule has 1 fully saturated rings. The maximum atomic E-state index is 12.6. The van der Waals surface area contributed by atoms with Gasteiger partial charge in [-0.25, -0.2) is 0 Å². The Morgan fingerprint density at radius 1 is 1.40 bits per heavy atom. The molecule has 1 heterocycles. The Morgan fingerprint density at radius 2 is 2.10 bits per heavy atom. The smallest absolute Gasteiger partial charge is 0.315 e. The van der Waals surface area contributed by atoms with Crippen molar-refractivity contribution in [2.24, 2.45) is 0 Å². The average molecular weight is 340 g/mol. The van der Waals surface area contributed by atoms with Gasteiger partial charge in [-0.15, -0.1) is 0 Å². The van der Waals surface area contributed by atoms with Gasteiger partial charge in [0.1, 0.15) is 5.60 Å². The van der Waals surface area contributed by atoms with E-state index in [1.807, 2.05) is 45.0 Å². The molecule has 3 nitrogen and oxygen atoms in total. The molecule has 0 amide bonds. The molecule has 1 aromatic carbocycles. The van der Waals surface area contributed by atoms with Crippen LogP contribution in [0.25, 0.3) is 0 Å². The van der Waals surface area contributed by atoms with E-state index < -0.39 is 5.60 Å². The number of benzene rings is 1. The van der Waals surface area contributed by atoms with Crippen molar-refractivity contribution in [3.8, 4) is 0 Å². The third kappa shape index (κ3) is 3.83. The fraction of sp³-hybridized carbons (Fsp3) is 0.562. The van der Waals surface area contributed by atoms with Crippen LogP contribution in [0.4, 0.5) is 0 Å². The molecule has 1 aliphatic rings. The maximum Gasteiger partial charge on any atom is 0.315 e. The van der Waals surface area contributed by atoms with Crippen molar-refractivity contribution in [2.45, 2.75) is 51.2 Å². The third-order valence-electron chi connectivity index (χ3n) is 3.40. The Kier molecular flexibility index (Phi) is 4.86. The molecule has 110 valence electrons. The molecule has 0 spiro atoms. The number of rotatable bonds is 3. The van der Waals surface area contributed by atoms with E-state index in [2.05, 4.69) is 21.2 Å². The summed E-state index contributed by atoms with van der Waals surface area (Å²) in [6.07, 6.45) is 2.11. The first-order valence-corrected chi connectivity index (χ1v) is 7.88. The fourth-order valence-electron chi connectivity index (χ4n) is 2.60. The van der Waals surface area contributed by atoms with Gasteiger partial charge in [0.05, 0.1) is 5.92 Å². The van der Waals surface area contributed by atoms with Crippen LogP contribution in [0, 0.1) is 0 Å². The molecule has 0 unspecified atom stereocenters. The van der Waals surface area contributed by atoms with E-state index in [0.29, 0.717) is 0 Å². The number of carbonyl (C=O) groups is 1. The summed E-state index contributed by atoms with van der Waals surface area (Å²) in [6.45, 7) is 6.69. The highest BCUT2D eigenvalue weighted by Gasteiger charge is 2.35. The fourth-order valence-corrected chi connectivity index (χ4v) is 3.13. The number of ether oxygens (including phenoxy) is 1. The second-order valence-corrected chi connectivity index (χ2v) is 7.09. The Balaban J connectivity index is 2.30. The van der Waals surface area contributed by atoms with Gasteiger partial charge in [0.15, 0.2) is 0 Å². The molecular formula is C16H22BrNO2. The maximum absolute atomic E-state index is 12.6. The monoisotopic (exact) mass is 339 g/mol. The molecule has 1 N–H and O–H groups in total. The van der Waals surface area contributed by atoms with Gasteiger partial charge in [-0.2, -0.15) is 0 Å². The quantitative estimate of drug-likeness (QED) is 0.854. The van der Waals surface area contributed by atoms with Gasteiger partial charge in [-0.05, 0) is 51.8 Å². The third-order valence-corrected chi connectivity index (χ3v) is 4.12. The first-order valence-electron chi connectivity index (χ1n) is 7.09. The minimum Gasteiger partial charge on any atom is -0.459 e. The van der Waals surface area contributed by atoms with E-state index in [0.717, 1.165) is 29.4 Å². The van der Waals surface area contributed by atoms with Crippen molar-refractivity contribution in [3.05, 3.63) is 34.3 Å². The lowest BCUT2D eigenvalue weighted by atomic mass is 9.90. The number of hydrogen-bond acceptors (Lipinski definition) is 3. The van der Waals surface area contributed by atoms with E-state index in [-0.39, 0.29) is 17.9 Å². The number of hydrogen-bond donors (Lipinski definition) is 1. The van der Waals surface area contributed by atoms with E-state index in [1.165, 1.54) is 0 Å². The van der Waals surface area contributed by atoms with Crippen LogP contribution < -0.4 is 5.32 Å². The van der Waals surface area contributed by atoms with Crippen molar-refractivity contribution in [1.82, 2.24) is 5.32 Å². The van der Waals surface area contributed by atoms with E-state index in [9.17, 15) is 4.79 Å². The molecule has 2 rings (SSSR count). The predicted molar refractivity (Wildman–Crippen MR) is 83.8 cm³/mol. The molecule has 0 bridgehead atoms. The molecule has 20 heavy (non-hydrogen) atoms. The van der Waals surface area contributed by atoms with Crippen molar-refractivity contribution in [3.63, 3.8) is 0 Å². The van der Waals surface area contributed by atoms with Crippen LogP contribution in [0.5, 0.6) is 0 Å². The zero-order valence-corrected chi connectivity index (χ0v) is 13.9. The molecule has 1 saturated heterocycles. The summed E-state index contributed by atoms with van der Waals surface area (Å²) in [5.41, 5.74) is 0.538.